The Morgan fingerprint density at radius 1 is 0.783 bits per heavy atom. The van der Waals surface area contributed by atoms with Crippen LogP contribution in [0.3, 0.4) is 0 Å². The van der Waals surface area contributed by atoms with Gasteiger partial charge in [0.15, 0.2) is 0 Å². The Labute approximate surface area is 146 Å². The molecule has 0 heteroatoms. The van der Waals surface area contributed by atoms with Crippen molar-refractivity contribution in [3.8, 4) is 0 Å². The van der Waals surface area contributed by atoms with Gasteiger partial charge in [-0.1, -0.05) is 79.1 Å². The summed E-state index contributed by atoms with van der Waals surface area (Å²) in [5.74, 6) is 6.15. The zero-order valence-corrected chi connectivity index (χ0v) is 16.4. The fourth-order valence-electron chi connectivity index (χ4n) is 7.20. The first kappa shape index (κ1) is 17.8. The molecular weight excluding hydrogens is 276 g/mol. The first-order chi connectivity index (χ1) is 11.1. The van der Waals surface area contributed by atoms with Crippen molar-refractivity contribution in [2.24, 2.45) is 40.9 Å². The second kappa shape index (κ2) is 7.49. The standard InChI is InChI=1S/C23H42/c1-5-13-23(4)18(3)17(2)14-21-15-20(16-22(21)23)19-11-9-7-6-8-10-12-19/h17-22H,5-16H2,1-4H3/t17-,18-,20?,21+,22?,23?/m1/s1. The molecule has 0 spiro atoms. The molecule has 0 aromatic heterocycles. The summed E-state index contributed by atoms with van der Waals surface area (Å²) in [5, 5.41) is 0. The highest BCUT2D eigenvalue weighted by Gasteiger charge is 2.52. The van der Waals surface area contributed by atoms with Gasteiger partial charge < -0.3 is 0 Å². The second-order valence-corrected chi connectivity index (χ2v) is 9.96. The van der Waals surface area contributed by atoms with Crippen LogP contribution in [0.25, 0.3) is 0 Å². The summed E-state index contributed by atoms with van der Waals surface area (Å²) in [6.45, 7) is 10.2. The molecule has 0 amide bonds. The van der Waals surface area contributed by atoms with Crippen LogP contribution in [0.4, 0.5) is 0 Å². The van der Waals surface area contributed by atoms with Crippen LogP contribution in [0.2, 0.25) is 0 Å². The Bertz CT molecular complexity index is 364. The number of hydrogen-bond acceptors (Lipinski definition) is 0. The number of rotatable bonds is 3. The van der Waals surface area contributed by atoms with Gasteiger partial charge in [0.1, 0.15) is 0 Å². The lowest BCUT2D eigenvalue weighted by molar-refractivity contribution is -0.0224. The van der Waals surface area contributed by atoms with Crippen molar-refractivity contribution < 1.29 is 0 Å². The highest BCUT2D eigenvalue weighted by molar-refractivity contribution is 5.02. The Morgan fingerprint density at radius 2 is 1.43 bits per heavy atom. The molecule has 134 valence electrons. The third-order valence-corrected chi connectivity index (χ3v) is 8.75. The van der Waals surface area contributed by atoms with Crippen LogP contribution >= 0.6 is 0 Å². The smallest absolute Gasteiger partial charge is 0.0267 e. The normalized spacial score (nSPS) is 46.2. The van der Waals surface area contributed by atoms with E-state index in [1.54, 1.807) is 25.7 Å². The molecule has 6 atom stereocenters. The molecule has 0 saturated heterocycles. The number of fused-ring (bicyclic) bond motifs is 1. The van der Waals surface area contributed by atoms with E-state index in [-0.39, 0.29) is 0 Å². The van der Waals surface area contributed by atoms with Gasteiger partial charge in [-0.2, -0.15) is 0 Å². The van der Waals surface area contributed by atoms with Crippen molar-refractivity contribution in [2.45, 2.75) is 105 Å². The summed E-state index contributed by atoms with van der Waals surface area (Å²) >= 11 is 0. The monoisotopic (exact) mass is 318 g/mol. The van der Waals surface area contributed by atoms with Crippen molar-refractivity contribution >= 4 is 0 Å². The van der Waals surface area contributed by atoms with Gasteiger partial charge in [0.25, 0.3) is 0 Å². The molecule has 0 aliphatic heterocycles. The molecule has 3 rings (SSSR count). The van der Waals surface area contributed by atoms with E-state index in [0.717, 1.165) is 35.5 Å². The zero-order valence-electron chi connectivity index (χ0n) is 16.4. The third-order valence-electron chi connectivity index (χ3n) is 8.75. The molecule has 0 radical (unpaired) electrons. The van der Waals surface area contributed by atoms with Crippen LogP contribution in [0.5, 0.6) is 0 Å². The average molecular weight is 319 g/mol. The van der Waals surface area contributed by atoms with Gasteiger partial charge in [0.05, 0.1) is 0 Å². The zero-order chi connectivity index (χ0) is 16.4. The van der Waals surface area contributed by atoms with Crippen molar-refractivity contribution in [3.05, 3.63) is 0 Å². The molecule has 23 heavy (non-hydrogen) atoms. The van der Waals surface area contributed by atoms with E-state index in [1.165, 1.54) is 51.4 Å². The van der Waals surface area contributed by atoms with Gasteiger partial charge in [-0.05, 0) is 66.6 Å². The maximum absolute atomic E-state index is 2.68. The molecular formula is C23H42. The lowest BCUT2D eigenvalue weighted by Crippen LogP contribution is -2.44. The Morgan fingerprint density at radius 3 is 2.09 bits per heavy atom. The molecule has 3 aliphatic rings. The highest BCUT2D eigenvalue weighted by atomic mass is 14.6. The lowest BCUT2D eigenvalue weighted by atomic mass is 9.54. The highest BCUT2D eigenvalue weighted by Crippen LogP contribution is 2.61. The van der Waals surface area contributed by atoms with Crippen LogP contribution < -0.4 is 0 Å². The quantitative estimate of drug-likeness (QED) is 0.506. The maximum Gasteiger partial charge on any atom is -0.0267 e. The van der Waals surface area contributed by atoms with Crippen molar-refractivity contribution in [1.29, 1.82) is 0 Å². The van der Waals surface area contributed by atoms with Crippen LogP contribution in [-0.4, -0.2) is 0 Å². The predicted octanol–water partition coefficient (Wildman–Crippen LogP) is 7.47. The third kappa shape index (κ3) is 3.52. The predicted molar refractivity (Wildman–Crippen MR) is 101 cm³/mol. The summed E-state index contributed by atoms with van der Waals surface area (Å²) in [7, 11) is 0. The summed E-state index contributed by atoms with van der Waals surface area (Å²) in [5.41, 5.74) is 0.632. The van der Waals surface area contributed by atoms with Crippen LogP contribution in [0, 0.1) is 40.9 Å². The van der Waals surface area contributed by atoms with Crippen LogP contribution in [0.1, 0.15) is 105 Å². The SMILES string of the molecule is CCCC1(C)C2CC(C3CCCCCCC3)C[C@@H]2C[C@@H](C)[C@H]1C. The van der Waals surface area contributed by atoms with Crippen molar-refractivity contribution in [3.63, 3.8) is 0 Å². The minimum atomic E-state index is 0.632. The van der Waals surface area contributed by atoms with E-state index < -0.39 is 0 Å². The van der Waals surface area contributed by atoms with E-state index >= 15 is 0 Å². The number of hydrogen-bond donors (Lipinski definition) is 0. The molecule has 0 heterocycles. The van der Waals surface area contributed by atoms with E-state index in [0.29, 0.717) is 5.41 Å². The molecule has 0 aromatic rings. The van der Waals surface area contributed by atoms with E-state index in [1.807, 2.05) is 0 Å². The molecule has 0 aromatic carbocycles. The average Bonchev–Trinajstić information content (AvgIpc) is 2.90. The Kier molecular flexibility index (Phi) is 5.80. The van der Waals surface area contributed by atoms with Crippen LogP contribution in [-0.2, 0) is 0 Å². The molecule has 3 saturated carbocycles. The summed E-state index contributed by atoms with van der Waals surface area (Å²) in [6, 6.07) is 0. The Balaban J connectivity index is 1.72. The fraction of sp³-hybridized carbons (Fsp3) is 1.00. The molecule has 3 fully saturated rings. The molecule has 3 aliphatic carbocycles. The van der Waals surface area contributed by atoms with E-state index in [9.17, 15) is 0 Å². The minimum Gasteiger partial charge on any atom is -0.0654 e. The van der Waals surface area contributed by atoms with Gasteiger partial charge in [0.2, 0.25) is 0 Å². The van der Waals surface area contributed by atoms with Crippen LogP contribution in [0.15, 0.2) is 0 Å². The van der Waals surface area contributed by atoms with Gasteiger partial charge in [-0.25, -0.2) is 0 Å². The van der Waals surface area contributed by atoms with Crippen molar-refractivity contribution in [1.82, 2.24) is 0 Å². The summed E-state index contributed by atoms with van der Waals surface area (Å²) < 4.78 is 0. The summed E-state index contributed by atoms with van der Waals surface area (Å²) in [4.78, 5) is 0. The molecule has 0 N–H and O–H groups in total. The largest absolute Gasteiger partial charge is 0.0654 e. The first-order valence-corrected chi connectivity index (χ1v) is 11.1. The lowest BCUT2D eigenvalue weighted by Gasteiger charge is -2.51. The molecule has 0 bridgehead atoms. The van der Waals surface area contributed by atoms with Crippen molar-refractivity contribution in [2.75, 3.05) is 0 Å². The van der Waals surface area contributed by atoms with Gasteiger partial charge >= 0.3 is 0 Å². The fourth-order valence-corrected chi connectivity index (χ4v) is 7.20. The topological polar surface area (TPSA) is 0 Å². The molecule has 3 unspecified atom stereocenters. The van der Waals surface area contributed by atoms with E-state index in [4.69, 9.17) is 0 Å². The van der Waals surface area contributed by atoms with Gasteiger partial charge in [0, 0.05) is 0 Å². The van der Waals surface area contributed by atoms with E-state index in [2.05, 4.69) is 27.7 Å². The van der Waals surface area contributed by atoms with Gasteiger partial charge in [-0.3, -0.25) is 0 Å². The maximum atomic E-state index is 2.68. The first-order valence-electron chi connectivity index (χ1n) is 11.1. The summed E-state index contributed by atoms with van der Waals surface area (Å²) in [6.07, 6.45) is 18.2. The molecule has 0 nitrogen and oxygen atoms in total. The Hall–Kier alpha value is 0. The minimum absolute atomic E-state index is 0.632. The second-order valence-electron chi connectivity index (χ2n) is 9.96. The van der Waals surface area contributed by atoms with Gasteiger partial charge in [-0.15, -0.1) is 0 Å².